The Morgan fingerprint density at radius 3 is 2.08 bits per heavy atom. The van der Waals surface area contributed by atoms with Crippen molar-refractivity contribution in [2.24, 2.45) is 0 Å². The lowest BCUT2D eigenvalue weighted by molar-refractivity contribution is -0.136. The van der Waals surface area contributed by atoms with Crippen molar-refractivity contribution in [3.63, 3.8) is 0 Å². The number of ether oxygens (including phenoxy) is 3. The predicted octanol–water partition coefficient (Wildman–Crippen LogP) is 7.02. The van der Waals surface area contributed by atoms with Gasteiger partial charge in [0.2, 0.25) is 0 Å². The summed E-state index contributed by atoms with van der Waals surface area (Å²) in [5.74, 6) is -1.38. The van der Waals surface area contributed by atoms with E-state index in [9.17, 15) is 14.7 Å². The molecule has 0 aliphatic rings. The van der Waals surface area contributed by atoms with E-state index in [2.05, 4.69) is 10.3 Å². The van der Waals surface area contributed by atoms with E-state index < -0.39 is 11.9 Å². The zero-order valence-corrected chi connectivity index (χ0v) is 23.4. The summed E-state index contributed by atoms with van der Waals surface area (Å²) in [5, 5.41) is 22.2. The fourth-order valence-corrected chi connectivity index (χ4v) is 4.63. The van der Waals surface area contributed by atoms with Gasteiger partial charge < -0.3 is 29.7 Å². The van der Waals surface area contributed by atoms with Crippen LogP contribution < -0.4 is 14.8 Å². The minimum atomic E-state index is -1.10. The van der Waals surface area contributed by atoms with Gasteiger partial charge in [-0.15, -0.1) is 0 Å². The first kappa shape index (κ1) is 30.6. The average molecular weight is 618 g/mol. The van der Waals surface area contributed by atoms with Crippen LogP contribution >= 0.6 is 46.4 Å². The summed E-state index contributed by atoms with van der Waals surface area (Å²) in [6.07, 6.45) is 3.64. The molecule has 0 spiro atoms. The van der Waals surface area contributed by atoms with Crippen molar-refractivity contribution in [1.82, 2.24) is 4.98 Å². The van der Waals surface area contributed by atoms with Gasteiger partial charge >= 0.3 is 11.9 Å². The van der Waals surface area contributed by atoms with Crippen LogP contribution in [0.15, 0.2) is 42.7 Å². The highest BCUT2D eigenvalue weighted by molar-refractivity contribution is 6.38. The number of anilines is 2. The molecule has 0 aliphatic carbocycles. The van der Waals surface area contributed by atoms with Crippen molar-refractivity contribution in [3.8, 4) is 11.5 Å². The molecule has 13 heteroatoms. The minimum absolute atomic E-state index is 0.0175. The number of pyridine rings is 1. The van der Waals surface area contributed by atoms with E-state index >= 15 is 0 Å². The van der Waals surface area contributed by atoms with Gasteiger partial charge in [0.1, 0.15) is 6.61 Å². The van der Waals surface area contributed by atoms with Crippen LogP contribution in [0.5, 0.6) is 11.5 Å². The number of aliphatic carboxylic acids is 1. The highest BCUT2D eigenvalue weighted by Crippen LogP contribution is 2.37. The highest BCUT2D eigenvalue weighted by Gasteiger charge is 2.14. The second-order valence-corrected chi connectivity index (χ2v) is 9.69. The van der Waals surface area contributed by atoms with Crippen molar-refractivity contribution in [2.45, 2.75) is 19.3 Å². The molecule has 39 heavy (non-hydrogen) atoms. The quantitative estimate of drug-likeness (QED) is 0.154. The summed E-state index contributed by atoms with van der Waals surface area (Å²) in [7, 11) is 0. The summed E-state index contributed by atoms with van der Waals surface area (Å²) in [4.78, 5) is 26.1. The summed E-state index contributed by atoms with van der Waals surface area (Å²) >= 11 is 25.1. The number of carbonyl (C=O) groups is 2. The Morgan fingerprint density at radius 2 is 1.46 bits per heavy atom. The van der Waals surface area contributed by atoms with Crippen LogP contribution in [-0.4, -0.2) is 53.6 Å². The topological polar surface area (TPSA) is 127 Å². The normalized spacial score (nSPS) is 10.8. The van der Waals surface area contributed by atoms with Gasteiger partial charge in [-0.05, 0) is 42.3 Å². The van der Waals surface area contributed by atoms with Crippen molar-refractivity contribution in [2.75, 3.05) is 31.7 Å². The van der Waals surface area contributed by atoms with E-state index in [0.717, 1.165) is 5.56 Å². The van der Waals surface area contributed by atoms with E-state index in [1.807, 2.05) is 0 Å². The molecule has 9 nitrogen and oxygen atoms in total. The smallest absolute Gasteiger partial charge is 0.337 e. The fourth-order valence-electron chi connectivity index (χ4n) is 3.39. The lowest BCUT2D eigenvalue weighted by atomic mass is 10.1. The number of aromatic carboxylic acids is 1. The number of nitrogens with one attached hydrogen (secondary N) is 1. The molecule has 0 unspecified atom stereocenters. The average Bonchev–Trinajstić information content (AvgIpc) is 2.87. The molecule has 3 aromatic rings. The van der Waals surface area contributed by atoms with Crippen LogP contribution in [0.25, 0.3) is 0 Å². The molecule has 2 aromatic carbocycles. The molecule has 0 fully saturated rings. The van der Waals surface area contributed by atoms with Gasteiger partial charge in [0.15, 0.2) is 11.5 Å². The number of benzene rings is 2. The van der Waals surface area contributed by atoms with Crippen LogP contribution in [0.3, 0.4) is 0 Å². The van der Waals surface area contributed by atoms with E-state index in [1.165, 1.54) is 18.5 Å². The van der Waals surface area contributed by atoms with Gasteiger partial charge in [0.25, 0.3) is 0 Å². The van der Waals surface area contributed by atoms with Crippen LogP contribution in [-0.2, 0) is 16.0 Å². The van der Waals surface area contributed by atoms with Crippen molar-refractivity contribution >= 4 is 69.7 Å². The standard InChI is InChI=1S/C26H24Cl4N2O7/c27-18-10-15(2-3-23(33)34)11-19(28)24(18)38-7-1-6-37-8-9-39-25-20(29)12-16(13-21(25)30)32-22-14-31-5-4-17(22)26(35)36/h4-5,10-14,32H,1-3,6-9H2,(H,33,34)(H,35,36). The van der Waals surface area contributed by atoms with Crippen molar-refractivity contribution in [1.29, 1.82) is 0 Å². The Hall–Kier alpha value is -2.95. The molecular weight excluding hydrogens is 594 g/mol. The molecule has 0 amide bonds. The summed E-state index contributed by atoms with van der Waals surface area (Å²) < 4.78 is 16.9. The number of carboxylic acids is 2. The first-order valence-corrected chi connectivity index (χ1v) is 13.1. The maximum Gasteiger partial charge on any atom is 0.337 e. The fraction of sp³-hybridized carbons (Fsp3) is 0.269. The van der Waals surface area contributed by atoms with Gasteiger partial charge in [-0.1, -0.05) is 46.4 Å². The number of hydrogen-bond acceptors (Lipinski definition) is 7. The molecule has 0 bridgehead atoms. The third-order valence-electron chi connectivity index (χ3n) is 5.17. The molecule has 1 aromatic heterocycles. The molecule has 3 N–H and O–H groups in total. The maximum atomic E-state index is 11.4. The van der Waals surface area contributed by atoms with E-state index in [1.54, 1.807) is 24.3 Å². The second kappa shape index (κ2) is 15.0. The van der Waals surface area contributed by atoms with Crippen LogP contribution in [0.4, 0.5) is 11.4 Å². The van der Waals surface area contributed by atoms with E-state index in [4.69, 9.17) is 65.7 Å². The number of nitrogens with zero attached hydrogens (tertiary/aromatic N) is 1. The summed E-state index contributed by atoms with van der Waals surface area (Å²) in [6.45, 7) is 1.15. The number of aromatic nitrogens is 1. The summed E-state index contributed by atoms with van der Waals surface area (Å²) in [5.41, 5.74) is 1.53. The lowest BCUT2D eigenvalue weighted by Crippen LogP contribution is -2.10. The number of aryl methyl sites for hydroxylation is 1. The maximum absolute atomic E-state index is 11.4. The molecule has 0 radical (unpaired) electrons. The third kappa shape index (κ3) is 9.33. The first-order chi connectivity index (χ1) is 18.7. The Morgan fingerprint density at radius 1 is 0.846 bits per heavy atom. The van der Waals surface area contributed by atoms with Gasteiger partial charge in [0.05, 0.1) is 50.8 Å². The predicted molar refractivity (Wildman–Crippen MR) is 150 cm³/mol. The Labute approximate surface area is 244 Å². The molecule has 3 rings (SSSR count). The zero-order valence-electron chi connectivity index (χ0n) is 20.4. The zero-order chi connectivity index (χ0) is 28.4. The third-order valence-corrected chi connectivity index (χ3v) is 6.29. The monoisotopic (exact) mass is 616 g/mol. The second-order valence-electron chi connectivity index (χ2n) is 8.07. The Kier molecular flexibility index (Phi) is 11.8. The molecule has 0 saturated carbocycles. The first-order valence-electron chi connectivity index (χ1n) is 11.6. The van der Waals surface area contributed by atoms with Crippen LogP contribution in [0.1, 0.15) is 28.8 Å². The molecule has 0 aliphatic heterocycles. The summed E-state index contributed by atoms with van der Waals surface area (Å²) in [6, 6.07) is 7.80. The van der Waals surface area contributed by atoms with Gasteiger partial charge in [-0.2, -0.15) is 0 Å². The number of halogens is 4. The molecule has 208 valence electrons. The molecular formula is C26H24Cl4N2O7. The largest absolute Gasteiger partial charge is 0.490 e. The number of rotatable bonds is 15. The Bertz CT molecular complexity index is 1280. The van der Waals surface area contributed by atoms with Crippen LogP contribution in [0.2, 0.25) is 20.1 Å². The Balaban J connectivity index is 1.40. The van der Waals surface area contributed by atoms with E-state index in [0.29, 0.717) is 53.2 Å². The van der Waals surface area contributed by atoms with Crippen molar-refractivity contribution < 1.29 is 34.0 Å². The number of hydrogen-bond donors (Lipinski definition) is 3. The van der Waals surface area contributed by atoms with Crippen molar-refractivity contribution in [3.05, 3.63) is 73.9 Å². The lowest BCUT2D eigenvalue weighted by Gasteiger charge is -2.14. The van der Waals surface area contributed by atoms with Gasteiger partial charge in [-0.3, -0.25) is 9.78 Å². The molecule has 0 atom stereocenters. The molecule has 0 saturated heterocycles. The van der Waals surface area contributed by atoms with E-state index in [-0.39, 0.29) is 41.0 Å². The number of carboxylic acid groups (broad SMARTS) is 2. The van der Waals surface area contributed by atoms with Crippen LogP contribution in [0, 0.1) is 0 Å². The SMILES string of the molecule is O=C(O)CCc1cc(Cl)c(OCCCOCCOc2c(Cl)cc(Nc3cnccc3C(=O)O)cc2Cl)c(Cl)c1. The van der Waals surface area contributed by atoms with Gasteiger partial charge in [-0.25, -0.2) is 4.79 Å². The molecule has 1 heterocycles. The minimum Gasteiger partial charge on any atom is -0.490 e. The van der Waals surface area contributed by atoms with Gasteiger partial charge in [0, 0.05) is 31.3 Å². The highest BCUT2D eigenvalue weighted by atomic mass is 35.5.